The van der Waals surface area contributed by atoms with Gasteiger partial charge in [-0.15, -0.1) is 0 Å². The number of phenolic OH excluding ortho intramolecular Hbond substituents is 1. The number of rotatable bonds is 11. The highest BCUT2D eigenvalue weighted by atomic mass is 16.5. The van der Waals surface area contributed by atoms with Crippen LogP contribution in [0, 0.1) is 0 Å². The molecule has 0 saturated carbocycles. The molecule has 1 aromatic heterocycles. The van der Waals surface area contributed by atoms with E-state index < -0.39 is 0 Å². The van der Waals surface area contributed by atoms with E-state index in [0.29, 0.717) is 6.61 Å². The molecule has 0 unspecified atom stereocenters. The van der Waals surface area contributed by atoms with Gasteiger partial charge in [0.25, 0.3) is 0 Å². The van der Waals surface area contributed by atoms with Gasteiger partial charge in [-0.2, -0.15) is 0 Å². The highest BCUT2D eigenvalue weighted by Crippen LogP contribution is 2.35. The maximum atomic E-state index is 13.2. The number of aryl methyl sites for hydroxylation is 1. The molecule has 3 aromatic carbocycles. The minimum absolute atomic E-state index is 0.00251. The van der Waals surface area contributed by atoms with Crippen LogP contribution in [0.25, 0.3) is 22.2 Å². The Morgan fingerprint density at radius 1 is 1.00 bits per heavy atom. The van der Waals surface area contributed by atoms with Crippen LogP contribution >= 0.6 is 0 Å². The molecule has 6 heteroatoms. The largest absolute Gasteiger partial charge is 0.508 e. The molecule has 3 N–H and O–H groups in total. The summed E-state index contributed by atoms with van der Waals surface area (Å²) in [7, 11) is 0. The van der Waals surface area contributed by atoms with E-state index in [1.165, 1.54) is 19.3 Å². The first-order valence-corrected chi connectivity index (χ1v) is 14.2. The number of phenols is 1. The second kappa shape index (κ2) is 12.9. The number of carbonyl (C=O) groups is 1. The number of amides is 1. The number of hydrogen-bond donors (Lipinski definition) is 3. The Morgan fingerprint density at radius 3 is 2.54 bits per heavy atom. The Hall–Kier alpha value is -3.77. The van der Waals surface area contributed by atoms with Crippen LogP contribution in [0.4, 0.5) is 0 Å². The van der Waals surface area contributed by atoms with Crippen molar-refractivity contribution in [2.75, 3.05) is 26.2 Å². The number of H-pyrrole nitrogens is 1. The summed E-state index contributed by atoms with van der Waals surface area (Å²) in [5.74, 6) is 1.10. The van der Waals surface area contributed by atoms with E-state index >= 15 is 0 Å². The van der Waals surface area contributed by atoms with Crippen LogP contribution in [0.1, 0.15) is 43.7 Å². The Labute approximate surface area is 231 Å². The van der Waals surface area contributed by atoms with Crippen molar-refractivity contribution >= 4 is 16.8 Å². The van der Waals surface area contributed by atoms with Gasteiger partial charge in [0.1, 0.15) is 18.1 Å². The Bertz CT molecular complexity index is 1360. The molecule has 2 heterocycles. The number of nitrogens with zero attached hydrogens (tertiary/aromatic N) is 1. The van der Waals surface area contributed by atoms with E-state index in [1.54, 1.807) is 12.1 Å². The van der Waals surface area contributed by atoms with E-state index in [1.807, 2.05) is 49.4 Å². The molecule has 4 aromatic rings. The molecular formula is C33H39N3O3. The predicted molar refractivity (Wildman–Crippen MR) is 157 cm³/mol. The van der Waals surface area contributed by atoms with E-state index in [0.717, 1.165) is 71.5 Å². The molecule has 0 bridgehead atoms. The third kappa shape index (κ3) is 7.01. The molecular weight excluding hydrogens is 486 g/mol. The monoisotopic (exact) mass is 525 g/mol. The summed E-state index contributed by atoms with van der Waals surface area (Å²) in [5, 5.41) is 13.7. The van der Waals surface area contributed by atoms with Gasteiger partial charge in [0, 0.05) is 18.0 Å². The molecule has 204 valence electrons. The van der Waals surface area contributed by atoms with Crippen LogP contribution in [-0.2, 0) is 17.6 Å². The second-order valence-electron chi connectivity index (χ2n) is 10.6. The standard InChI is InChI=1S/C33H39N3O3/c1-24(13-14-25-15-17-27(37)18-16-25)34-31(38)23-29-28-11-8-12-30(39-22-21-36-19-6-3-7-20-36)33(28)35-32(29)26-9-4-2-5-10-26/h2,4-5,8-12,15-18,24,35,37H,3,6-7,13-14,19-23H2,1H3,(H,34,38)/t24-/m1/s1. The number of piperidine rings is 1. The van der Waals surface area contributed by atoms with Gasteiger partial charge in [-0.1, -0.05) is 61.0 Å². The van der Waals surface area contributed by atoms with E-state index in [4.69, 9.17) is 4.74 Å². The third-order valence-electron chi connectivity index (χ3n) is 7.63. The fraction of sp³-hybridized carbons (Fsp3) is 0.364. The minimum atomic E-state index is 0.00251. The van der Waals surface area contributed by atoms with Crippen LogP contribution in [0.5, 0.6) is 11.5 Å². The number of hydrogen-bond acceptors (Lipinski definition) is 4. The molecule has 0 radical (unpaired) electrons. The first-order chi connectivity index (χ1) is 19.1. The number of ether oxygens (including phenoxy) is 1. The molecule has 1 amide bonds. The topological polar surface area (TPSA) is 77.6 Å². The van der Waals surface area contributed by atoms with Crippen molar-refractivity contribution in [2.24, 2.45) is 0 Å². The average Bonchev–Trinajstić information content (AvgIpc) is 3.32. The summed E-state index contributed by atoms with van der Waals surface area (Å²) in [5.41, 5.74) is 5.09. The van der Waals surface area contributed by atoms with E-state index in [9.17, 15) is 9.90 Å². The Morgan fingerprint density at radius 2 is 1.77 bits per heavy atom. The minimum Gasteiger partial charge on any atom is -0.508 e. The number of aromatic hydroxyl groups is 1. The highest BCUT2D eigenvalue weighted by Gasteiger charge is 2.20. The molecule has 39 heavy (non-hydrogen) atoms. The second-order valence-corrected chi connectivity index (χ2v) is 10.6. The summed E-state index contributed by atoms with van der Waals surface area (Å²) in [6.45, 7) is 5.93. The number of carbonyl (C=O) groups excluding carboxylic acids is 1. The molecule has 0 aliphatic carbocycles. The van der Waals surface area contributed by atoms with Crippen molar-refractivity contribution in [2.45, 2.75) is 51.5 Å². The first-order valence-electron chi connectivity index (χ1n) is 14.2. The van der Waals surface area contributed by atoms with Gasteiger partial charge >= 0.3 is 0 Å². The van der Waals surface area contributed by atoms with Crippen LogP contribution in [0.15, 0.2) is 72.8 Å². The van der Waals surface area contributed by atoms with Crippen molar-refractivity contribution < 1.29 is 14.6 Å². The lowest BCUT2D eigenvalue weighted by atomic mass is 10.0. The van der Waals surface area contributed by atoms with Gasteiger partial charge < -0.3 is 20.1 Å². The molecule has 1 atom stereocenters. The van der Waals surface area contributed by atoms with Crippen LogP contribution in [0.3, 0.4) is 0 Å². The fourth-order valence-corrected chi connectivity index (χ4v) is 5.47. The lowest BCUT2D eigenvalue weighted by Gasteiger charge is -2.26. The summed E-state index contributed by atoms with van der Waals surface area (Å²) in [4.78, 5) is 19.3. The summed E-state index contributed by atoms with van der Waals surface area (Å²) in [6, 6.07) is 23.6. The van der Waals surface area contributed by atoms with Crippen molar-refractivity contribution in [3.05, 3.63) is 83.9 Å². The molecule has 1 aliphatic heterocycles. The highest BCUT2D eigenvalue weighted by molar-refractivity contribution is 5.97. The van der Waals surface area contributed by atoms with Gasteiger partial charge in [-0.3, -0.25) is 9.69 Å². The molecule has 0 spiro atoms. The molecule has 1 aliphatic rings. The lowest BCUT2D eigenvalue weighted by molar-refractivity contribution is -0.121. The van der Waals surface area contributed by atoms with E-state index in [2.05, 4.69) is 33.4 Å². The number of para-hydroxylation sites is 1. The van der Waals surface area contributed by atoms with E-state index in [-0.39, 0.29) is 24.1 Å². The van der Waals surface area contributed by atoms with Crippen LogP contribution < -0.4 is 10.1 Å². The SMILES string of the molecule is C[C@H](CCc1ccc(O)cc1)NC(=O)Cc1c(-c2ccccc2)[nH]c2c(OCCN3CCCCC3)cccc12. The predicted octanol–water partition coefficient (Wildman–Crippen LogP) is 6.09. The molecule has 6 nitrogen and oxygen atoms in total. The van der Waals surface area contributed by atoms with Gasteiger partial charge in [0.15, 0.2) is 0 Å². The number of aromatic amines is 1. The number of fused-ring (bicyclic) bond motifs is 1. The number of benzene rings is 3. The van der Waals surface area contributed by atoms with Crippen molar-refractivity contribution in [3.8, 4) is 22.8 Å². The van der Waals surface area contributed by atoms with Crippen molar-refractivity contribution in [3.63, 3.8) is 0 Å². The number of aromatic nitrogens is 1. The summed E-state index contributed by atoms with van der Waals surface area (Å²) < 4.78 is 6.29. The zero-order valence-corrected chi connectivity index (χ0v) is 22.8. The zero-order valence-electron chi connectivity index (χ0n) is 22.8. The van der Waals surface area contributed by atoms with Gasteiger partial charge in [-0.25, -0.2) is 0 Å². The van der Waals surface area contributed by atoms with Gasteiger partial charge in [-0.05, 0) is 80.6 Å². The Balaban J connectivity index is 1.30. The van der Waals surface area contributed by atoms with Gasteiger partial charge in [0.2, 0.25) is 5.91 Å². The van der Waals surface area contributed by atoms with Crippen molar-refractivity contribution in [1.82, 2.24) is 15.2 Å². The third-order valence-corrected chi connectivity index (χ3v) is 7.63. The summed E-state index contributed by atoms with van der Waals surface area (Å²) >= 11 is 0. The molecule has 1 saturated heterocycles. The quantitative estimate of drug-likeness (QED) is 0.222. The van der Waals surface area contributed by atoms with Crippen LogP contribution in [-0.4, -0.2) is 53.2 Å². The lowest BCUT2D eigenvalue weighted by Crippen LogP contribution is -2.34. The van der Waals surface area contributed by atoms with Crippen LogP contribution in [0.2, 0.25) is 0 Å². The number of likely N-dealkylation sites (tertiary alicyclic amines) is 1. The maximum absolute atomic E-state index is 13.2. The molecule has 1 fully saturated rings. The normalized spacial score (nSPS) is 14.8. The Kier molecular flexibility index (Phi) is 8.84. The van der Waals surface area contributed by atoms with Gasteiger partial charge in [0.05, 0.1) is 17.6 Å². The number of nitrogens with one attached hydrogen (secondary N) is 2. The molecule has 5 rings (SSSR count). The fourth-order valence-electron chi connectivity index (χ4n) is 5.47. The summed E-state index contributed by atoms with van der Waals surface area (Å²) in [6.07, 6.45) is 5.81. The maximum Gasteiger partial charge on any atom is 0.224 e. The van der Waals surface area contributed by atoms with Crippen molar-refractivity contribution in [1.29, 1.82) is 0 Å². The zero-order chi connectivity index (χ0) is 27.0. The first kappa shape index (κ1) is 26.8. The average molecular weight is 526 g/mol. The smallest absolute Gasteiger partial charge is 0.224 e.